The lowest BCUT2D eigenvalue weighted by atomic mass is 9.83. The second kappa shape index (κ2) is 9.90. The molecule has 1 aromatic carbocycles. The highest BCUT2D eigenvalue weighted by atomic mass is 16.5. The molecule has 0 N–H and O–H groups in total. The fraction of sp³-hybridized carbons (Fsp3) is 0.609. The van der Waals surface area contributed by atoms with Crippen LogP contribution in [-0.2, 0) is 30.9 Å². The average Bonchev–Trinajstić information content (AvgIpc) is 2.67. The van der Waals surface area contributed by atoms with Crippen molar-refractivity contribution >= 4 is 17.8 Å². The van der Waals surface area contributed by atoms with Gasteiger partial charge in [-0.2, -0.15) is 0 Å². The first-order valence-electron chi connectivity index (χ1n) is 10.3. The van der Waals surface area contributed by atoms with E-state index in [1.807, 2.05) is 0 Å². The standard InChI is InChI=1S/C23H33NO5/c1-6-29-21(26)15-20(25)17-11-12-24(22(27)28-5)19(14-17)13-16-7-9-18(10-8-16)23(2,3)4/h7-10,17,19H,6,11-15H2,1-5H3/t17-,19+/m1/s1. The van der Waals surface area contributed by atoms with Gasteiger partial charge in [0.2, 0.25) is 0 Å². The van der Waals surface area contributed by atoms with Crippen molar-refractivity contribution < 1.29 is 23.9 Å². The van der Waals surface area contributed by atoms with E-state index in [-0.39, 0.29) is 42.3 Å². The van der Waals surface area contributed by atoms with Crippen LogP contribution >= 0.6 is 0 Å². The van der Waals surface area contributed by atoms with E-state index in [1.165, 1.54) is 12.7 Å². The summed E-state index contributed by atoms with van der Waals surface area (Å²) in [5.41, 5.74) is 2.43. The Morgan fingerprint density at radius 1 is 1.14 bits per heavy atom. The number of hydrogen-bond acceptors (Lipinski definition) is 5. The largest absolute Gasteiger partial charge is 0.466 e. The van der Waals surface area contributed by atoms with E-state index in [1.54, 1.807) is 11.8 Å². The zero-order chi connectivity index (χ0) is 21.6. The van der Waals surface area contributed by atoms with Crippen LogP contribution in [0.2, 0.25) is 0 Å². The number of methoxy groups -OCH3 is 1. The molecule has 0 unspecified atom stereocenters. The molecule has 0 radical (unpaired) electrons. The maximum Gasteiger partial charge on any atom is 0.409 e. The van der Waals surface area contributed by atoms with E-state index in [0.717, 1.165) is 5.56 Å². The van der Waals surface area contributed by atoms with Gasteiger partial charge in [-0.3, -0.25) is 9.59 Å². The Morgan fingerprint density at radius 2 is 1.79 bits per heavy atom. The second-order valence-electron chi connectivity index (χ2n) is 8.64. The minimum Gasteiger partial charge on any atom is -0.466 e. The Labute approximate surface area is 173 Å². The average molecular weight is 404 g/mol. The van der Waals surface area contributed by atoms with E-state index in [9.17, 15) is 14.4 Å². The minimum absolute atomic E-state index is 0.0754. The Balaban J connectivity index is 2.12. The number of likely N-dealkylation sites (tertiary alicyclic amines) is 1. The van der Waals surface area contributed by atoms with Crippen LogP contribution in [0.3, 0.4) is 0 Å². The maximum atomic E-state index is 12.5. The minimum atomic E-state index is -0.484. The molecule has 1 aliphatic heterocycles. The number of hydrogen-bond donors (Lipinski definition) is 0. The maximum absolute atomic E-state index is 12.5. The number of carbonyl (C=O) groups is 3. The molecule has 0 saturated carbocycles. The molecule has 1 heterocycles. The molecule has 160 valence electrons. The van der Waals surface area contributed by atoms with Gasteiger partial charge in [-0.1, -0.05) is 45.0 Å². The van der Waals surface area contributed by atoms with E-state index in [0.29, 0.717) is 25.8 Å². The van der Waals surface area contributed by atoms with Gasteiger partial charge in [-0.15, -0.1) is 0 Å². The lowest BCUT2D eigenvalue weighted by molar-refractivity contribution is -0.146. The molecule has 0 aromatic heterocycles. The second-order valence-corrected chi connectivity index (χ2v) is 8.64. The number of esters is 1. The van der Waals surface area contributed by atoms with Crippen molar-refractivity contribution in [3.8, 4) is 0 Å². The van der Waals surface area contributed by atoms with Gasteiger partial charge >= 0.3 is 12.1 Å². The predicted molar refractivity (Wildman–Crippen MR) is 111 cm³/mol. The topological polar surface area (TPSA) is 72.9 Å². The van der Waals surface area contributed by atoms with Crippen molar-refractivity contribution in [2.24, 2.45) is 5.92 Å². The first-order valence-corrected chi connectivity index (χ1v) is 10.3. The number of amides is 1. The molecule has 6 nitrogen and oxygen atoms in total. The number of ether oxygens (including phenoxy) is 2. The van der Waals surface area contributed by atoms with Crippen molar-refractivity contribution in [1.29, 1.82) is 0 Å². The molecule has 0 aliphatic carbocycles. The Bertz CT molecular complexity index is 720. The molecular weight excluding hydrogens is 370 g/mol. The number of ketones is 1. The quantitative estimate of drug-likeness (QED) is 0.532. The lowest BCUT2D eigenvalue weighted by Crippen LogP contribution is -2.48. The molecule has 1 fully saturated rings. The van der Waals surface area contributed by atoms with Gasteiger partial charge < -0.3 is 14.4 Å². The summed E-state index contributed by atoms with van der Waals surface area (Å²) >= 11 is 0. The molecule has 0 bridgehead atoms. The zero-order valence-electron chi connectivity index (χ0n) is 18.2. The van der Waals surface area contributed by atoms with Gasteiger partial charge in [-0.05, 0) is 42.7 Å². The molecule has 1 amide bonds. The fourth-order valence-corrected chi connectivity index (χ4v) is 3.81. The molecule has 1 aliphatic rings. The fourth-order valence-electron chi connectivity index (χ4n) is 3.81. The third-order valence-corrected chi connectivity index (χ3v) is 5.50. The first kappa shape index (κ1) is 22.9. The summed E-state index contributed by atoms with van der Waals surface area (Å²) in [6.45, 7) is 8.93. The van der Waals surface area contributed by atoms with E-state index < -0.39 is 5.97 Å². The summed E-state index contributed by atoms with van der Waals surface area (Å²) in [5.74, 6) is -0.845. The highest BCUT2D eigenvalue weighted by Crippen LogP contribution is 2.29. The summed E-state index contributed by atoms with van der Waals surface area (Å²) in [6.07, 6.45) is 1.12. The third-order valence-electron chi connectivity index (χ3n) is 5.50. The summed E-state index contributed by atoms with van der Waals surface area (Å²) in [5, 5.41) is 0. The van der Waals surface area contributed by atoms with Crippen molar-refractivity contribution in [2.45, 2.75) is 64.8 Å². The third kappa shape index (κ3) is 6.31. The molecule has 2 rings (SSSR count). The van der Waals surface area contributed by atoms with Crippen LogP contribution in [-0.4, -0.2) is 49.0 Å². The summed E-state index contributed by atoms with van der Waals surface area (Å²) < 4.78 is 9.84. The van der Waals surface area contributed by atoms with E-state index >= 15 is 0 Å². The number of carbonyl (C=O) groups excluding carboxylic acids is 3. The highest BCUT2D eigenvalue weighted by Gasteiger charge is 2.35. The molecule has 29 heavy (non-hydrogen) atoms. The lowest BCUT2D eigenvalue weighted by Gasteiger charge is -2.38. The van der Waals surface area contributed by atoms with Crippen LogP contribution in [0.15, 0.2) is 24.3 Å². The van der Waals surface area contributed by atoms with Crippen LogP contribution in [0.4, 0.5) is 4.79 Å². The van der Waals surface area contributed by atoms with Crippen LogP contribution in [0, 0.1) is 5.92 Å². The molecule has 1 saturated heterocycles. The van der Waals surface area contributed by atoms with Gasteiger partial charge in [0.1, 0.15) is 12.2 Å². The molecule has 0 spiro atoms. The zero-order valence-corrected chi connectivity index (χ0v) is 18.2. The SMILES string of the molecule is CCOC(=O)CC(=O)[C@@H]1CCN(C(=O)OC)[C@@H](Cc2ccc(C(C)(C)C)cc2)C1. The van der Waals surface area contributed by atoms with Crippen LogP contribution < -0.4 is 0 Å². The van der Waals surface area contributed by atoms with Gasteiger partial charge in [0.05, 0.1) is 13.7 Å². The smallest absolute Gasteiger partial charge is 0.409 e. The van der Waals surface area contributed by atoms with Gasteiger partial charge in [0.15, 0.2) is 0 Å². The Hall–Kier alpha value is -2.37. The van der Waals surface area contributed by atoms with Crippen LogP contribution in [0.5, 0.6) is 0 Å². The van der Waals surface area contributed by atoms with E-state index in [4.69, 9.17) is 9.47 Å². The Morgan fingerprint density at radius 3 is 2.34 bits per heavy atom. The predicted octanol–water partition coefficient (Wildman–Crippen LogP) is 3.90. The Kier molecular flexibility index (Phi) is 7.82. The monoisotopic (exact) mass is 403 g/mol. The van der Waals surface area contributed by atoms with Crippen LogP contribution in [0.25, 0.3) is 0 Å². The van der Waals surface area contributed by atoms with Crippen molar-refractivity contribution in [3.05, 3.63) is 35.4 Å². The van der Waals surface area contributed by atoms with Crippen molar-refractivity contribution in [3.63, 3.8) is 0 Å². The number of Topliss-reactive ketones (excluding diaryl/α,β-unsaturated/α-hetero) is 1. The molecule has 1 aromatic rings. The summed E-state index contributed by atoms with van der Waals surface area (Å²) in [7, 11) is 1.37. The van der Waals surface area contributed by atoms with Crippen LogP contribution in [0.1, 0.15) is 58.1 Å². The normalized spacial score (nSPS) is 19.6. The first-order chi connectivity index (χ1) is 13.7. The van der Waals surface area contributed by atoms with Gasteiger partial charge in [0.25, 0.3) is 0 Å². The van der Waals surface area contributed by atoms with Crippen molar-refractivity contribution in [2.75, 3.05) is 20.3 Å². The molecule has 2 atom stereocenters. The summed E-state index contributed by atoms with van der Waals surface area (Å²) in [4.78, 5) is 38.2. The van der Waals surface area contributed by atoms with E-state index in [2.05, 4.69) is 45.0 Å². The molecular formula is C23H33NO5. The highest BCUT2D eigenvalue weighted by molar-refractivity contribution is 5.96. The number of piperidine rings is 1. The number of nitrogens with zero attached hydrogens (tertiary/aromatic N) is 1. The number of benzene rings is 1. The van der Waals surface area contributed by atoms with Gasteiger partial charge in [-0.25, -0.2) is 4.79 Å². The summed E-state index contributed by atoms with van der Waals surface area (Å²) in [6, 6.07) is 8.25. The molecule has 6 heteroatoms. The van der Waals surface area contributed by atoms with Gasteiger partial charge in [0, 0.05) is 18.5 Å². The number of rotatable bonds is 6. The van der Waals surface area contributed by atoms with Crippen molar-refractivity contribution in [1.82, 2.24) is 4.90 Å².